The second-order valence-corrected chi connectivity index (χ2v) is 16.5. The Morgan fingerprint density at radius 3 is 1.85 bits per heavy atom. The van der Waals surface area contributed by atoms with Gasteiger partial charge in [-0.25, -0.2) is 0 Å². The Bertz CT molecular complexity index is 2490. The Morgan fingerprint density at radius 1 is 0.763 bits per heavy atom. The average molecular weight is 968 g/mol. The predicted octanol–water partition coefficient (Wildman–Crippen LogP) is 14.9. The van der Waals surface area contributed by atoms with E-state index >= 15 is 0 Å². The quantitative estimate of drug-likeness (QED) is 0.0844. The molecule has 6 aromatic rings. The fraction of sp³-hybridized carbons (Fsp3) is 0.389. The summed E-state index contributed by atoms with van der Waals surface area (Å²) < 4.78 is 24.2. The van der Waals surface area contributed by atoms with Gasteiger partial charge in [-0.3, -0.25) is 4.79 Å². The number of fused-ring (bicyclic) bond motifs is 2. The Hall–Kier alpha value is -4.44. The zero-order valence-electron chi connectivity index (χ0n) is 39.8. The number of ketones is 1. The predicted molar refractivity (Wildman–Crippen MR) is 245 cm³/mol. The third-order valence-corrected chi connectivity index (χ3v) is 12.0. The maximum atomic E-state index is 11.9. The van der Waals surface area contributed by atoms with Crippen LogP contribution >= 0.6 is 0 Å². The molecule has 0 aliphatic heterocycles. The molecule has 4 nitrogen and oxygen atoms in total. The topological polar surface area (TPSA) is 63.1 Å². The Morgan fingerprint density at radius 2 is 1.31 bits per heavy atom. The van der Waals surface area contributed by atoms with Crippen LogP contribution in [0.25, 0.3) is 44.1 Å². The van der Waals surface area contributed by atoms with E-state index in [1.54, 1.807) is 0 Å². The molecule has 1 fully saturated rings. The van der Waals surface area contributed by atoms with Gasteiger partial charge >= 0.3 is 0 Å². The zero-order chi connectivity index (χ0) is 44.6. The van der Waals surface area contributed by atoms with Crippen LogP contribution in [0.3, 0.4) is 0 Å². The summed E-state index contributed by atoms with van der Waals surface area (Å²) in [6.07, 6.45) is 10.4. The minimum absolute atomic E-state index is 0. The molecule has 1 aliphatic rings. The van der Waals surface area contributed by atoms with Crippen LogP contribution in [0.2, 0.25) is 0 Å². The number of aromatic nitrogens is 2. The summed E-state index contributed by atoms with van der Waals surface area (Å²) in [5.74, 6) is 1.05. The number of carbonyl (C=O) groups excluding carboxylic acids is 1. The van der Waals surface area contributed by atoms with Crippen molar-refractivity contribution >= 4 is 27.3 Å². The van der Waals surface area contributed by atoms with E-state index in [0.717, 1.165) is 92.0 Å². The van der Waals surface area contributed by atoms with Gasteiger partial charge < -0.3 is 15.1 Å². The number of benzene rings is 4. The monoisotopic (exact) mass is 968 g/mol. The van der Waals surface area contributed by atoms with Crippen molar-refractivity contribution in [3.63, 3.8) is 0 Å². The minimum atomic E-state index is -0.248. The second kappa shape index (κ2) is 21.7. The van der Waals surface area contributed by atoms with Gasteiger partial charge in [-0.1, -0.05) is 117 Å². The van der Waals surface area contributed by atoms with Crippen LogP contribution in [0.4, 0.5) is 0 Å². The fourth-order valence-electron chi connectivity index (χ4n) is 8.01. The van der Waals surface area contributed by atoms with Gasteiger partial charge in [0.2, 0.25) is 0 Å². The molecular weight excluding hydrogens is 901 g/mol. The van der Waals surface area contributed by atoms with E-state index < -0.39 is 0 Å². The van der Waals surface area contributed by atoms with Crippen LogP contribution in [0.1, 0.15) is 129 Å². The molecule has 0 atom stereocenters. The van der Waals surface area contributed by atoms with E-state index in [9.17, 15) is 9.90 Å². The average Bonchev–Trinajstić information content (AvgIpc) is 3.77. The van der Waals surface area contributed by atoms with Crippen LogP contribution < -0.4 is 0 Å². The first-order valence-corrected chi connectivity index (χ1v) is 21.3. The molecule has 4 aromatic carbocycles. The number of hydrogen-bond acceptors (Lipinski definition) is 4. The van der Waals surface area contributed by atoms with Crippen LogP contribution in [0.15, 0.2) is 97.0 Å². The Balaban J connectivity index is 0.000000208. The molecule has 1 radical (unpaired) electrons. The summed E-state index contributed by atoms with van der Waals surface area (Å²) in [5, 5.41) is 13.9. The van der Waals surface area contributed by atoms with Crippen molar-refractivity contribution in [3.8, 4) is 22.5 Å². The van der Waals surface area contributed by atoms with Crippen LogP contribution in [0, 0.1) is 58.1 Å². The van der Waals surface area contributed by atoms with Crippen molar-refractivity contribution in [2.24, 2.45) is 11.3 Å². The molecule has 0 spiro atoms. The number of carbonyl (C=O) groups is 1. The first-order chi connectivity index (χ1) is 29.0. The van der Waals surface area contributed by atoms with Gasteiger partial charge in [0.25, 0.3) is 0 Å². The zero-order valence-corrected chi connectivity index (χ0v) is 39.2. The summed E-state index contributed by atoms with van der Waals surface area (Å²) in [6, 6.07) is 29.8. The van der Waals surface area contributed by atoms with E-state index in [4.69, 9.17) is 4.11 Å². The molecule has 59 heavy (non-hydrogen) atoms. The Kier molecular flexibility index (Phi) is 15.7. The Labute approximate surface area is 372 Å². The van der Waals surface area contributed by atoms with Crippen molar-refractivity contribution in [1.29, 1.82) is 0 Å². The summed E-state index contributed by atoms with van der Waals surface area (Å²) in [4.78, 5) is 20.7. The van der Waals surface area contributed by atoms with Crippen molar-refractivity contribution in [2.45, 2.75) is 127 Å². The van der Waals surface area contributed by atoms with Crippen LogP contribution in [-0.4, -0.2) is 20.9 Å². The molecule has 2 heterocycles. The number of aryl methyl sites for hydroxylation is 5. The number of allylic oxidation sites excluding steroid dienone is 2. The van der Waals surface area contributed by atoms with Crippen molar-refractivity contribution in [2.75, 3.05) is 0 Å². The molecular formula is C54H64IrN2O2-2. The third-order valence-electron chi connectivity index (χ3n) is 12.0. The molecule has 1 saturated carbocycles. The fourth-order valence-corrected chi connectivity index (χ4v) is 8.01. The molecule has 0 bridgehead atoms. The van der Waals surface area contributed by atoms with Gasteiger partial charge in [-0.2, -0.15) is 0 Å². The number of nitrogens with zero attached hydrogens (tertiary/aromatic N) is 2. The smallest absolute Gasteiger partial charge is 0.162 e. The minimum Gasteiger partial charge on any atom is -0.512 e. The summed E-state index contributed by atoms with van der Waals surface area (Å²) in [5.41, 5.74) is 10.2. The van der Waals surface area contributed by atoms with Crippen LogP contribution in [0.5, 0.6) is 0 Å². The number of hydrogen-bond donors (Lipinski definition) is 1. The third kappa shape index (κ3) is 12.1. The SMILES string of the molecule is CCC(CC)C(=O)/C=C(\O)C(C)(CC)CC.[2H]c1cc2cc(C3CCCC3)ccc2c(-c2[c-]c(C)cc(C)c2)n1.[2H]c1nc(-c2[c-]c(C)cc(C)c2)c2ccc(C)cc2c1[2H].[Ir]. The standard InChI is InChI=1S/C22H22N.C18H16N.C14H26O2.Ir/c1-15-11-16(2)13-20(12-15)22-21-8-7-18(17-5-3-4-6-17)14-19(21)9-10-23-22;1-12-4-5-17-15(9-12)6-7-19-18(17)16-10-13(2)8-14(3)11-16;1-6-11(7-2)12(15)10-13(16)14(5,8-3)9-4;/h7-12,14,17H,3-6H2,1-2H3;4-10H,1-3H3;10-11,16H,6-9H2,1-5H3;/q2*-1;;/b;;13-10-;/i10D;6D,7D;;. The van der Waals surface area contributed by atoms with Gasteiger partial charge in [0, 0.05) is 49.9 Å². The maximum Gasteiger partial charge on any atom is 0.162 e. The normalized spacial score (nSPS) is 13.8. The van der Waals surface area contributed by atoms with Gasteiger partial charge in [0.05, 0.1) is 4.11 Å². The summed E-state index contributed by atoms with van der Waals surface area (Å²) >= 11 is 0. The molecule has 0 unspecified atom stereocenters. The molecule has 313 valence electrons. The van der Waals surface area contributed by atoms with E-state index in [-0.39, 0.29) is 55.2 Å². The summed E-state index contributed by atoms with van der Waals surface area (Å²) in [6.45, 7) is 20.3. The van der Waals surface area contributed by atoms with Crippen molar-refractivity contribution in [3.05, 3.63) is 142 Å². The molecule has 0 amide bonds. The molecule has 7 rings (SSSR count). The van der Waals surface area contributed by atoms with Gasteiger partial charge in [0.1, 0.15) is 5.76 Å². The van der Waals surface area contributed by atoms with E-state index in [1.807, 2.05) is 85.7 Å². The second-order valence-electron chi connectivity index (χ2n) is 16.5. The van der Waals surface area contributed by atoms with Crippen molar-refractivity contribution in [1.82, 2.24) is 9.97 Å². The number of pyridine rings is 2. The number of aliphatic hydroxyl groups is 1. The maximum absolute atomic E-state index is 11.9. The van der Waals surface area contributed by atoms with E-state index in [0.29, 0.717) is 12.1 Å². The molecule has 1 aliphatic carbocycles. The van der Waals surface area contributed by atoms with Gasteiger partial charge in [-0.05, 0) is 102 Å². The number of rotatable bonds is 10. The van der Waals surface area contributed by atoms with Crippen molar-refractivity contribution < 1.29 is 34.1 Å². The molecule has 5 heteroatoms. The first-order valence-electron chi connectivity index (χ1n) is 22.8. The van der Waals surface area contributed by atoms with E-state index in [1.165, 1.54) is 42.9 Å². The molecule has 0 saturated heterocycles. The van der Waals surface area contributed by atoms with Gasteiger partial charge in [0.15, 0.2) is 5.78 Å². The largest absolute Gasteiger partial charge is 0.512 e. The molecule has 2 aromatic heterocycles. The summed E-state index contributed by atoms with van der Waals surface area (Å²) in [7, 11) is 0. The molecule has 1 N–H and O–H groups in total. The van der Waals surface area contributed by atoms with E-state index in [2.05, 4.69) is 72.3 Å². The number of aliphatic hydroxyl groups excluding tert-OH is 1. The van der Waals surface area contributed by atoms with Crippen LogP contribution in [-0.2, 0) is 24.9 Å². The van der Waals surface area contributed by atoms with Gasteiger partial charge in [-0.15, -0.1) is 69.8 Å². The first kappa shape index (κ1) is 42.7.